The number of hydrogen-bond acceptors (Lipinski definition) is 2. The molecule has 63 valence electrons. The van der Waals surface area contributed by atoms with Crippen molar-refractivity contribution in [2.75, 3.05) is 0 Å². The molecule has 2 aromatic heterocycles. The van der Waals surface area contributed by atoms with Gasteiger partial charge >= 0.3 is 0 Å². The number of nitriles is 1. The van der Waals surface area contributed by atoms with Crippen LogP contribution in [-0.4, -0.2) is 9.38 Å². The molecular weight excluding hydrogens is 169 g/mol. The maximum absolute atomic E-state index is 13.4. The fourth-order valence-corrected chi connectivity index (χ4v) is 1.15. The zero-order chi connectivity index (χ0) is 9.42. The fraction of sp³-hybridized carbons (Fsp3) is 0.111. The standard InChI is InChI=1S/C9H5FN3/c1-6-2-3-8-12-5-7(4-11)13(8)9(6)10/h2-3H,1H3. The molecule has 0 spiro atoms. The lowest BCUT2D eigenvalue weighted by atomic mass is 10.3. The van der Waals surface area contributed by atoms with Gasteiger partial charge in [-0.3, -0.25) is 4.40 Å². The summed E-state index contributed by atoms with van der Waals surface area (Å²) in [6.07, 6.45) is 2.44. The Morgan fingerprint density at radius 1 is 1.62 bits per heavy atom. The van der Waals surface area contributed by atoms with Crippen LogP contribution in [-0.2, 0) is 0 Å². The summed E-state index contributed by atoms with van der Waals surface area (Å²) in [4.78, 5) is 3.77. The molecule has 0 N–H and O–H groups in total. The van der Waals surface area contributed by atoms with Gasteiger partial charge in [-0.1, -0.05) is 6.07 Å². The summed E-state index contributed by atoms with van der Waals surface area (Å²) in [5.74, 6) is -0.456. The van der Waals surface area contributed by atoms with Gasteiger partial charge in [-0.2, -0.15) is 9.65 Å². The van der Waals surface area contributed by atoms with Gasteiger partial charge < -0.3 is 0 Å². The van der Waals surface area contributed by atoms with Gasteiger partial charge in [0.05, 0.1) is 0 Å². The number of hydrogen-bond donors (Lipinski definition) is 0. The van der Waals surface area contributed by atoms with Crippen LogP contribution in [0.25, 0.3) is 5.65 Å². The second kappa shape index (κ2) is 2.56. The van der Waals surface area contributed by atoms with Gasteiger partial charge in [-0.25, -0.2) is 4.98 Å². The predicted octanol–water partition coefficient (Wildman–Crippen LogP) is 1.45. The molecule has 0 bridgehead atoms. The Hall–Kier alpha value is -1.89. The van der Waals surface area contributed by atoms with Crippen molar-refractivity contribution in [3.63, 3.8) is 0 Å². The molecule has 0 saturated heterocycles. The molecule has 0 aromatic carbocycles. The second-order valence-corrected chi connectivity index (χ2v) is 2.68. The minimum Gasteiger partial charge on any atom is -0.259 e. The molecule has 0 fully saturated rings. The molecular formula is C9H5FN3. The first kappa shape index (κ1) is 7.74. The third-order valence-electron chi connectivity index (χ3n) is 1.84. The number of halogens is 1. The third-order valence-corrected chi connectivity index (χ3v) is 1.84. The van der Waals surface area contributed by atoms with Crippen molar-refractivity contribution in [3.05, 3.63) is 35.5 Å². The molecule has 2 aromatic rings. The zero-order valence-electron chi connectivity index (χ0n) is 6.87. The van der Waals surface area contributed by atoms with Crippen molar-refractivity contribution >= 4 is 5.65 Å². The summed E-state index contributed by atoms with van der Waals surface area (Å²) in [6.45, 7) is 1.63. The van der Waals surface area contributed by atoms with Gasteiger partial charge in [0.2, 0.25) is 5.95 Å². The van der Waals surface area contributed by atoms with E-state index in [1.807, 2.05) is 6.07 Å². The Morgan fingerprint density at radius 2 is 2.38 bits per heavy atom. The summed E-state index contributed by atoms with van der Waals surface area (Å²) in [7, 11) is 0. The minimum atomic E-state index is -0.456. The first-order valence-electron chi connectivity index (χ1n) is 3.69. The lowest BCUT2D eigenvalue weighted by Gasteiger charge is -1.99. The maximum atomic E-state index is 13.4. The van der Waals surface area contributed by atoms with Crippen LogP contribution in [0.15, 0.2) is 12.1 Å². The lowest BCUT2D eigenvalue weighted by molar-refractivity contribution is 0.557. The van der Waals surface area contributed by atoms with Crippen molar-refractivity contribution in [1.82, 2.24) is 9.38 Å². The highest BCUT2D eigenvalue weighted by molar-refractivity contribution is 5.44. The van der Waals surface area contributed by atoms with Crippen LogP contribution in [0.4, 0.5) is 4.39 Å². The maximum Gasteiger partial charge on any atom is 0.203 e. The van der Waals surface area contributed by atoms with E-state index >= 15 is 0 Å². The Morgan fingerprint density at radius 3 is 3.08 bits per heavy atom. The Bertz CT molecular complexity index is 507. The minimum absolute atomic E-state index is 0.0937. The van der Waals surface area contributed by atoms with E-state index in [2.05, 4.69) is 11.2 Å². The Labute approximate surface area is 74.1 Å². The molecule has 0 amide bonds. The van der Waals surface area contributed by atoms with Crippen molar-refractivity contribution in [2.45, 2.75) is 6.92 Å². The highest BCUT2D eigenvalue weighted by atomic mass is 19.1. The average Bonchev–Trinajstić information content (AvgIpc) is 2.55. The van der Waals surface area contributed by atoms with Gasteiger partial charge in [-0.15, -0.1) is 0 Å². The molecule has 1 radical (unpaired) electrons. The Balaban J connectivity index is 2.95. The number of imidazole rings is 1. The van der Waals surface area contributed by atoms with E-state index in [9.17, 15) is 4.39 Å². The zero-order valence-corrected chi connectivity index (χ0v) is 6.87. The molecule has 2 heterocycles. The number of aryl methyl sites for hydroxylation is 1. The van der Waals surface area contributed by atoms with Crippen LogP contribution < -0.4 is 0 Å². The SMILES string of the molecule is Cc1ccc2n[c]c(C#N)n2c1F. The number of nitrogens with zero attached hydrogens (tertiary/aromatic N) is 3. The molecule has 3 nitrogen and oxygen atoms in total. The first-order chi connectivity index (χ1) is 6.24. The van der Waals surface area contributed by atoms with E-state index < -0.39 is 5.95 Å². The third kappa shape index (κ3) is 0.975. The van der Waals surface area contributed by atoms with E-state index in [-0.39, 0.29) is 5.69 Å². The highest BCUT2D eigenvalue weighted by Gasteiger charge is 2.08. The summed E-state index contributed by atoms with van der Waals surface area (Å²) in [6, 6.07) is 5.09. The fourth-order valence-electron chi connectivity index (χ4n) is 1.15. The molecule has 0 atom stereocenters. The van der Waals surface area contributed by atoms with Crippen molar-refractivity contribution in [2.24, 2.45) is 0 Å². The van der Waals surface area contributed by atoms with Crippen LogP contribution in [0, 0.1) is 30.4 Å². The summed E-state index contributed by atoms with van der Waals surface area (Å²) < 4.78 is 14.6. The van der Waals surface area contributed by atoms with Crippen LogP contribution in [0.5, 0.6) is 0 Å². The van der Waals surface area contributed by atoms with Crippen molar-refractivity contribution in [3.8, 4) is 6.07 Å². The topological polar surface area (TPSA) is 41.1 Å². The van der Waals surface area contributed by atoms with Gasteiger partial charge in [-0.05, 0) is 13.0 Å². The molecule has 2 rings (SSSR count). The van der Waals surface area contributed by atoms with Gasteiger partial charge in [0, 0.05) is 5.56 Å². The van der Waals surface area contributed by atoms with E-state index in [4.69, 9.17) is 5.26 Å². The summed E-state index contributed by atoms with van der Waals surface area (Å²) in [5.41, 5.74) is 0.978. The smallest absolute Gasteiger partial charge is 0.203 e. The van der Waals surface area contributed by atoms with Crippen LogP contribution in [0.3, 0.4) is 0 Å². The van der Waals surface area contributed by atoms with E-state index in [0.717, 1.165) is 4.40 Å². The Kier molecular flexibility index (Phi) is 1.52. The molecule has 0 unspecified atom stereocenters. The monoisotopic (exact) mass is 174 g/mol. The lowest BCUT2D eigenvalue weighted by Crippen LogP contribution is -1.97. The van der Waals surface area contributed by atoms with Crippen LogP contribution in [0.2, 0.25) is 0 Å². The number of pyridine rings is 1. The van der Waals surface area contributed by atoms with Crippen LogP contribution >= 0.6 is 0 Å². The van der Waals surface area contributed by atoms with Gasteiger partial charge in [0.15, 0.2) is 5.69 Å². The molecule has 13 heavy (non-hydrogen) atoms. The number of fused-ring (bicyclic) bond motifs is 1. The summed E-state index contributed by atoms with van der Waals surface area (Å²) in [5, 5.41) is 8.63. The van der Waals surface area contributed by atoms with E-state index in [0.29, 0.717) is 11.2 Å². The van der Waals surface area contributed by atoms with Crippen LogP contribution in [0.1, 0.15) is 11.3 Å². The van der Waals surface area contributed by atoms with Gasteiger partial charge in [0.25, 0.3) is 0 Å². The largest absolute Gasteiger partial charge is 0.259 e. The molecule has 0 aliphatic carbocycles. The highest BCUT2D eigenvalue weighted by Crippen LogP contribution is 2.11. The number of aromatic nitrogens is 2. The van der Waals surface area contributed by atoms with Crippen molar-refractivity contribution in [1.29, 1.82) is 5.26 Å². The molecule has 4 heteroatoms. The first-order valence-corrected chi connectivity index (χ1v) is 3.69. The van der Waals surface area contributed by atoms with Gasteiger partial charge in [0.1, 0.15) is 17.9 Å². The predicted molar refractivity (Wildman–Crippen MR) is 43.4 cm³/mol. The second-order valence-electron chi connectivity index (χ2n) is 2.68. The van der Waals surface area contributed by atoms with E-state index in [1.165, 1.54) is 0 Å². The molecule has 0 aliphatic heterocycles. The van der Waals surface area contributed by atoms with Crippen molar-refractivity contribution < 1.29 is 4.39 Å². The molecule has 0 saturated carbocycles. The number of rotatable bonds is 0. The van der Waals surface area contributed by atoms with E-state index in [1.54, 1.807) is 19.1 Å². The summed E-state index contributed by atoms with van der Waals surface area (Å²) >= 11 is 0. The molecule has 0 aliphatic rings. The average molecular weight is 174 g/mol. The quantitative estimate of drug-likeness (QED) is 0.567. The normalized spacial score (nSPS) is 10.2.